The summed E-state index contributed by atoms with van der Waals surface area (Å²) >= 11 is 1.52. The number of nitrogens with zero attached hydrogens (tertiary/aromatic N) is 4. The van der Waals surface area contributed by atoms with Crippen LogP contribution in [0, 0.1) is 25.7 Å². The van der Waals surface area contributed by atoms with Gasteiger partial charge in [0.25, 0.3) is 5.91 Å². The van der Waals surface area contributed by atoms with Crippen LogP contribution in [0.2, 0.25) is 0 Å². The zero-order valence-corrected chi connectivity index (χ0v) is 26.9. The standard InChI is InChI=1S/C31H44N4O4S2/c1-22(2)20-34(21-23(3)4)41(37,38)27-10-8-26(9-11-27)30(36)35(13-7-12-33-14-16-39-17-15-33)31-32-29-25(6)18-24(5)19-28(29)40-31/h8-11,18-19,22-23H,7,12-17,20-21H2,1-6H3. The smallest absolute Gasteiger partial charge is 0.260 e. The van der Waals surface area contributed by atoms with Crippen molar-refractivity contribution in [1.82, 2.24) is 14.2 Å². The molecule has 0 N–H and O–H groups in total. The quantitative estimate of drug-likeness (QED) is 0.270. The van der Waals surface area contributed by atoms with Crippen molar-refractivity contribution in [2.24, 2.45) is 11.8 Å². The lowest BCUT2D eigenvalue weighted by molar-refractivity contribution is 0.0376. The first kappa shape index (κ1) is 31.6. The number of thiazole rings is 1. The summed E-state index contributed by atoms with van der Waals surface area (Å²) in [7, 11) is -3.68. The van der Waals surface area contributed by atoms with Crippen LogP contribution < -0.4 is 4.90 Å². The zero-order valence-electron chi connectivity index (χ0n) is 25.2. The van der Waals surface area contributed by atoms with E-state index in [0.29, 0.717) is 30.3 Å². The number of ether oxygens (including phenoxy) is 1. The van der Waals surface area contributed by atoms with Gasteiger partial charge in [-0.1, -0.05) is 45.1 Å². The summed E-state index contributed by atoms with van der Waals surface area (Å²) in [5.41, 5.74) is 3.61. The Morgan fingerprint density at radius 3 is 2.27 bits per heavy atom. The largest absolute Gasteiger partial charge is 0.379 e. The molecule has 1 aromatic heterocycles. The molecule has 41 heavy (non-hydrogen) atoms. The van der Waals surface area contributed by atoms with Crippen LogP contribution in [0.5, 0.6) is 0 Å². The molecular weight excluding hydrogens is 556 g/mol. The number of rotatable bonds is 12. The van der Waals surface area contributed by atoms with Gasteiger partial charge in [0.2, 0.25) is 10.0 Å². The number of carbonyl (C=O) groups is 1. The molecule has 4 rings (SSSR count). The Morgan fingerprint density at radius 1 is 1.02 bits per heavy atom. The SMILES string of the molecule is Cc1cc(C)c2nc(N(CCCN3CCOCC3)C(=O)c3ccc(S(=O)(=O)N(CC(C)C)CC(C)C)cc3)sc2c1. The Bertz CT molecular complexity index is 1420. The number of benzene rings is 2. The van der Waals surface area contributed by atoms with Crippen LogP contribution in [0.3, 0.4) is 0 Å². The highest BCUT2D eigenvalue weighted by molar-refractivity contribution is 7.89. The van der Waals surface area contributed by atoms with Gasteiger partial charge in [0.05, 0.1) is 28.3 Å². The molecule has 224 valence electrons. The number of carbonyl (C=O) groups excluding carboxylic acids is 1. The Hall–Kier alpha value is -2.37. The van der Waals surface area contributed by atoms with Crippen LogP contribution in [-0.4, -0.2) is 81.0 Å². The normalized spacial score (nSPS) is 15.0. The number of anilines is 1. The summed E-state index contributed by atoms with van der Waals surface area (Å²) in [6.07, 6.45) is 0.797. The number of aryl methyl sites for hydroxylation is 2. The number of fused-ring (bicyclic) bond motifs is 1. The van der Waals surface area contributed by atoms with Gasteiger partial charge in [0.15, 0.2) is 5.13 Å². The summed E-state index contributed by atoms with van der Waals surface area (Å²) < 4.78 is 35.1. The zero-order chi connectivity index (χ0) is 29.7. The predicted octanol–water partition coefficient (Wildman–Crippen LogP) is 5.58. The van der Waals surface area contributed by atoms with Gasteiger partial charge in [-0.05, 0) is 73.6 Å². The second kappa shape index (κ2) is 13.7. The summed E-state index contributed by atoms with van der Waals surface area (Å²) in [5.74, 6) is 0.235. The third-order valence-electron chi connectivity index (χ3n) is 7.13. The molecule has 0 radical (unpaired) electrons. The number of sulfonamides is 1. The molecule has 1 saturated heterocycles. The predicted molar refractivity (Wildman–Crippen MR) is 168 cm³/mol. The van der Waals surface area contributed by atoms with E-state index in [9.17, 15) is 13.2 Å². The Labute approximate surface area is 249 Å². The summed E-state index contributed by atoms with van der Waals surface area (Å²) in [6.45, 7) is 17.7. The molecule has 1 aliphatic heterocycles. The average molecular weight is 601 g/mol. The minimum Gasteiger partial charge on any atom is -0.379 e. The monoisotopic (exact) mass is 600 g/mol. The van der Waals surface area contributed by atoms with Crippen LogP contribution in [0.1, 0.15) is 55.6 Å². The van der Waals surface area contributed by atoms with Gasteiger partial charge in [-0.2, -0.15) is 4.31 Å². The van der Waals surface area contributed by atoms with Gasteiger partial charge in [0, 0.05) is 44.8 Å². The third kappa shape index (κ3) is 7.93. The van der Waals surface area contributed by atoms with Crippen LogP contribution in [0.25, 0.3) is 10.2 Å². The number of hydrogen-bond acceptors (Lipinski definition) is 7. The summed E-state index contributed by atoms with van der Waals surface area (Å²) in [6, 6.07) is 10.6. The molecule has 8 nitrogen and oxygen atoms in total. The molecule has 0 unspecified atom stereocenters. The topological polar surface area (TPSA) is 83.0 Å². The first-order valence-corrected chi connectivity index (χ1v) is 16.8. The van der Waals surface area contributed by atoms with Gasteiger partial charge >= 0.3 is 0 Å². The van der Waals surface area contributed by atoms with Crippen molar-refractivity contribution >= 4 is 42.6 Å². The lowest BCUT2D eigenvalue weighted by Crippen LogP contribution is -2.39. The van der Waals surface area contributed by atoms with Crippen LogP contribution in [0.4, 0.5) is 5.13 Å². The van der Waals surface area contributed by atoms with Gasteiger partial charge < -0.3 is 4.74 Å². The van der Waals surface area contributed by atoms with E-state index in [-0.39, 0.29) is 22.6 Å². The van der Waals surface area contributed by atoms with Gasteiger partial charge in [0.1, 0.15) is 0 Å². The van der Waals surface area contributed by atoms with Crippen molar-refractivity contribution < 1.29 is 17.9 Å². The minimum absolute atomic E-state index is 0.175. The van der Waals surface area contributed by atoms with Gasteiger partial charge in [-0.25, -0.2) is 13.4 Å². The Kier molecular flexibility index (Phi) is 10.6. The molecule has 0 aliphatic carbocycles. The molecule has 0 bridgehead atoms. The maximum Gasteiger partial charge on any atom is 0.260 e. The fourth-order valence-electron chi connectivity index (χ4n) is 5.20. The van der Waals surface area contributed by atoms with Crippen molar-refractivity contribution in [2.75, 3.05) is 57.4 Å². The second-order valence-electron chi connectivity index (χ2n) is 11.8. The van der Waals surface area contributed by atoms with E-state index in [1.54, 1.807) is 33.5 Å². The van der Waals surface area contributed by atoms with Crippen molar-refractivity contribution in [3.8, 4) is 0 Å². The minimum atomic E-state index is -3.68. The highest BCUT2D eigenvalue weighted by atomic mass is 32.2. The highest BCUT2D eigenvalue weighted by Gasteiger charge is 2.27. The van der Waals surface area contributed by atoms with Crippen molar-refractivity contribution in [3.05, 3.63) is 53.1 Å². The van der Waals surface area contributed by atoms with E-state index < -0.39 is 10.0 Å². The molecule has 0 atom stereocenters. The van der Waals surface area contributed by atoms with Crippen LogP contribution in [-0.2, 0) is 14.8 Å². The summed E-state index contributed by atoms with van der Waals surface area (Å²) in [4.78, 5) is 23.2. The molecule has 1 amide bonds. The Balaban J connectivity index is 1.60. The first-order valence-electron chi connectivity index (χ1n) is 14.6. The molecule has 1 aliphatic rings. The number of amides is 1. The molecule has 0 spiro atoms. The number of hydrogen-bond donors (Lipinski definition) is 0. The van der Waals surface area contributed by atoms with E-state index in [1.165, 1.54) is 11.3 Å². The molecule has 1 fully saturated rings. The highest BCUT2D eigenvalue weighted by Crippen LogP contribution is 2.33. The molecule has 10 heteroatoms. The molecule has 3 aromatic rings. The van der Waals surface area contributed by atoms with Crippen molar-refractivity contribution in [2.45, 2.75) is 52.9 Å². The van der Waals surface area contributed by atoms with E-state index in [2.05, 4.69) is 24.0 Å². The number of aromatic nitrogens is 1. The summed E-state index contributed by atoms with van der Waals surface area (Å²) in [5, 5.41) is 0.664. The maximum atomic E-state index is 13.9. The van der Waals surface area contributed by atoms with Crippen LogP contribution in [0.15, 0.2) is 41.3 Å². The lowest BCUT2D eigenvalue weighted by Gasteiger charge is -2.28. The van der Waals surface area contributed by atoms with E-state index in [4.69, 9.17) is 9.72 Å². The Morgan fingerprint density at radius 2 is 1.66 bits per heavy atom. The molecule has 2 aromatic carbocycles. The first-order chi connectivity index (χ1) is 19.5. The fourth-order valence-corrected chi connectivity index (χ4v) is 8.13. The molecule has 2 heterocycles. The van der Waals surface area contributed by atoms with E-state index in [0.717, 1.165) is 60.6 Å². The second-order valence-corrected chi connectivity index (χ2v) is 14.8. The molecule has 0 saturated carbocycles. The fraction of sp³-hybridized carbons (Fsp3) is 0.548. The molecular formula is C31H44N4O4S2. The maximum absolute atomic E-state index is 13.9. The lowest BCUT2D eigenvalue weighted by atomic mass is 10.1. The van der Waals surface area contributed by atoms with E-state index in [1.807, 2.05) is 34.6 Å². The number of morpholine rings is 1. The van der Waals surface area contributed by atoms with Crippen LogP contribution >= 0.6 is 11.3 Å². The van der Waals surface area contributed by atoms with Gasteiger partial charge in [-0.15, -0.1) is 0 Å². The third-order valence-corrected chi connectivity index (χ3v) is 10.0. The van der Waals surface area contributed by atoms with E-state index >= 15 is 0 Å². The van der Waals surface area contributed by atoms with Crippen molar-refractivity contribution in [1.29, 1.82) is 0 Å². The average Bonchev–Trinajstić information content (AvgIpc) is 3.34. The van der Waals surface area contributed by atoms with Gasteiger partial charge in [-0.3, -0.25) is 14.6 Å². The van der Waals surface area contributed by atoms with Crippen molar-refractivity contribution in [3.63, 3.8) is 0 Å².